The highest BCUT2D eigenvalue weighted by Gasteiger charge is 2.27. The lowest BCUT2D eigenvalue weighted by Crippen LogP contribution is -2.44. The first-order valence-corrected chi connectivity index (χ1v) is 6.37. The van der Waals surface area contributed by atoms with Crippen LogP contribution in [0, 0.1) is 5.92 Å². The molecule has 0 saturated heterocycles. The van der Waals surface area contributed by atoms with Gasteiger partial charge in [0.25, 0.3) is 0 Å². The van der Waals surface area contributed by atoms with Gasteiger partial charge in [-0.2, -0.15) is 0 Å². The van der Waals surface area contributed by atoms with Gasteiger partial charge in [0, 0.05) is 6.04 Å². The van der Waals surface area contributed by atoms with Gasteiger partial charge in [0.05, 0.1) is 12.1 Å². The lowest BCUT2D eigenvalue weighted by molar-refractivity contribution is -0.122. The summed E-state index contributed by atoms with van der Waals surface area (Å²) in [6, 6.07) is 0.323. The maximum Gasteiger partial charge on any atom is 0.237 e. The Morgan fingerprint density at radius 1 is 1.38 bits per heavy atom. The number of carbonyl (C=O) groups is 1. The van der Waals surface area contributed by atoms with Crippen molar-refractivity contribution in [2.24, 2.45) is 5.92 Å². The van der Waals surface area contributed by atoms with Crippen molar-refractivity contribution < 1.29 is 9.90 Å². The molecule has 0 radical (unpaired) electrons. The maximum atomic E-state index is 11.6. The fraction of sp³-hybridized carbons (Fsp3) is 0.917. The van der Waals surface area contributed by atoms with Crippen molar-refractivity contribution in [2.45, 2.75) is 57.2 Å². The van der Waals surface area contributed by atoms with Gasteiger partial charge in [0.15, 0.2) is 0 Å². The third kappa shape index (κ3) is 3.46. The third-order valence-electron chi connectivity index (χ3n) is 3.54. The van der Waals surface area contributed by atoms with E-state index in [1.807, 2.05) is 6.92 Å². The molecule has 92 valence electrons. The fourth-order valence-corrected chi connectivity index (χ4v) is 2.22. The quantitative estimate of drug-likeness (QED) is 0.636. The molecule has 2 rings (SSSR count). The molecule has 3 N–H and O–H groups in total. The Bertz CT molecular complexity index is 253. The number of aliphatic hydroxyl groups is 1. The van der Waals surface area contributed by atoms with Crippen LogP contribution in [0.15, 0.2) is 0 Å². The molecule has 0 aromatic rings. The number of hydrogen-bond donors (Lipinski definition) is 3. The van der Waals surface area contributed by atoms with Crippen LogP contribution in [0.1, 0.15) is 39.0 Å². The summed E-state index contributed by atoms with van der Waals surface area (Å²) in [7, 11) is 0. The number of nitrogens with one attached hydrogen (secondary N) is 2. The predicted octanol–water partition coefficient (Wildman–Crippen LogP) is 0.404. The monoisotopic (exact) mass is 226 g/mol. The van der Waals surface area contributed by atoms with E-state index in [0.29, 0.717) is 12.0 Å². The molecule has 0 aromatic carbocycles. The number of rotatable bonds is 5. The van der Waals surface area contributed by atoms with Crippen LogP contribution in [0.4, 0.5) is 0 Å². The second kappa shape index (κ2) is 5.15. The van der Waals surface area contributed by atoms with Crippen LogP contribution in [0.25, 0.3) is 0 Å². The summed E-state index contributed by atoms with van der Waals surface area (Å²) in [5.74, 6) is 0.646. The van der Waals surface area contributed by atoms with E-state index < -0.39 is 0 Å². The molecule has 16 heavy (non-hydrogen) atoms. The molecule has 0 spiro atoms. The zero-order chi connectivity index (χ0) is 11.5. The molecule has 2 fully saturated rings. The molecule has 4 nitrogen and oxygen atoms in total. The average Bonchev–Trinajstić information content (AvgIpc) is 2.96. The van der Waals surface area contributed by atoms with Gasteiger partial charge in [-0.25, -0.2) is 0 Å². The van der Waals surface area contributed by atoms with Gasteiger partial charge in [-0.3, -0.25) is 4.79 Å². The zero-order valence-electron chi connectivity index (χ0n) is 9.91. The molecule has 3 unspecified atom stereocenters. The Kier molecular flexibility index (Phi) is 3.82. The Hall–Kier alpha value is -0.610. The van der Waals surface area contributed by atoms with Crippen LogP contribution >= 0.6 is 0 Å². The van der Waals surface area contributed by atoms with Crippen LogP contribution in [-0.4, -0.2) is 35.7 Å². The van der Waals surface area contributed by atoms with E-state index in [9.17, 15) is 9.90 Å². The molecule has 2 aliphatic rings. The predicted molar refractivity (Wildman–Crippen MR) is 62.0 cm³/mol. The Balaban J connectivity index is 1.62. The molecule has 0 aliphatic heterocycles. The van der Waals surface area contributed by atoms with E-state index in [4.69, 9.17) is 0 Å². The van der Waals surface area contributed by atoms with Crippen LogP contribution in [-0.2, 0) is 4.79 Å². The summed E-state index contributed by atoms with van der Waals surface area (Å²) >= 11 is 0. The highest BCUT2D eigenvalue weighted by molar-refractivity contribution is 5.81. The van der Waals surface area contributed by atoms with Crippen LogP contribution in [0.5, 0.6) is 0 Å². The average molecular weight is 226 g/mol. The van der Waals surface area contributed by atoms with Gasteiger partial charge >= 0.3 is 0 Å². The summed E-state index contributed by atoms with van der Waals surface area (Å²) in [5.41, 5.74) is 0. The molecule has 0 bridgehead atoms. The lowest BCUT2D eigenvalue weighted by atomic mass is 10.1. The summed E-state index contributed by atoms with van der Waals surface area (Å²) in [6.07, 6.45) is 5.01. The van der Waals surface area contributed by atoms with Gasteiger partial charge in [0.1, 0.15) is 0 Å². The second-order valence-electron chi connectivity index (χ2n) is 5.25. The molecular formula is C12H22N2O2. The van der Waals surface area contributed by atoms with Crippen molar-refractivity contribution in [1.82, 2.24) is 10.6 Å². The van der Waals surface area contributed by atoms with Crippen molar-refractivity contribution in [1.29, 1.82) is 0 Å². The molecule has 2 aliphatic carbocycles. The van der Waals surface area contributed by atoms with E-state index in [1.165, 1.54) is 0 Å². The first kappa shape index (κ1) is 11.9. The van der Waals surface area contributed by atoms with Gasteiger partial charge in [-0.15, -0.1) is 0 Å². The Labute approximate surface area is 96.8 Å². The summed E-state index contributed by atoms with van der Waals surface area (Å²) in [6.45, 7) is 2.75. The molecule has 4 heteroatoms. The van der Waals surface area contributed by atoms with E-state index in [1.54, 1.807) is 0 Å². The van der Waals surface area contributed by atoms with Gasteiger partial charge in [0.2, 0.25) is 5.91 Å². The van der Waals surface area contributed by atoms with Crippen LogP contribution in [0.2, 0.25) is 0 Å². The van der Waals surface area contributed by atoms with Crippen LogP contribution in [0.3, 0.4) is 0 Å². The molecular weight excluding hydrogens is 204 g/mol. The SMILES string of the molecule is CC(NCC1CCC(O)C1)C(=O)NC1CC1. The normalized spacial score (nSPS) is 31.4. The van der Waals surface area contributed by atoms with E-state index in [0.717, 1.165) is 38.6 Å². The number of carbonyl (C=O) groups excluding carboxylic acids is 1. The highest BCUT2D eigenvalue weighted by atomic mass is 16.3. The summed E-state index contributed by atoms with van der Waals surface area (Å²) in [4.78, 5) is 11.6. The van der Waals surface area contributed by atoms with E-state index in [2.05, 4.69) is 10.6 Å². The summed E-state index contributed by atoms with van der Waals surface area (Å²) in [5, 5.41) is 15.6. The Morgan fingerprint density at radius 2 is 2.12 bits per heavy atom. The maximum absolute atomic E-state index is 11.6. The van der Waals surface area contributed by atoms with Crippen molar-refractivity contribution in [3.8, 4) is 0 Å². The third-order valence-corrected chi connectivity index (χ3v) is 3.54. The summed E-state index contributed by atoms with van der Waals surface area (Å²) < 4.78 is 0. The number of aliphatic hydroxyl groups excluding tert-OH is 1. The van der Waals surface area contributed by atoms with E-state index in [-0.39, 0.29) is 18.1 Å². The largest absolute Gasteiger partial charge is 0.393 e. The molecule has 3 atom stereocenters. The van der Waals surface area contributed by atoms with Crippen molar-refractivity contribution in [3.63, 3.8) is 0 Å². The minimum absolute atomic E-state index is 0.112. The van der Waals surface area contributed by atoms with Crippen molar-refractivity contribution in [2.75, 3.05) is 6.54 Å². The zero-order valence-corrected chi connectivity index (χ0v) is 9.91. The van der Waals surface area contributed by atoms with Crippen molar-refractivity contribution in [3.05, 3.63) is 0 Å². The number of hydrogen-bond acceptors (Lipinski definition) is 3. The minimum Gasteiger partial charge on any atom is -0.393 e. The minimum atomic E-state index is -0.123. The smallest absolute Gasteiger partial charge is 0.237 e. The number of amides is 1. The fourth-order valence-electron chi connectivity index (χ4n) is 2.22. The first-order chi connectivity index (χ1) is 7.65. The standard InChI is InChI=1S/C12H22N2O2/c1-8(12(16)14-10-3-4-10)13-7-9-2-5-11(15)6-9/h8-11,13,15H,2-7H2,1H3,(H,14,16). The highest BCUT2D eigenvalue weighted by Crippen LogP contribution is 2.24. The van der Waals surface area contributed by atoms with Gasteiger partial charge in [-0.1, -0.05) is 0 Å². The first-order valence-electron chi connectivity index (χ1n) is 6.37. The molecule has 0 aromatic heterocycles. The molecule has 0 heterocycles. The molecule has 1 amide bonds. The van der Waals surface area contributed by atoms with Gasteiger partial charge < -0.3 is 15.7 Å². The molecule has 2 saturated carbocycles. The second-order valence-corrected chi connectivity index (χ2v) is 5.25. The van der Waals surface area contributed by atoms with E-state index >= 15 is 0 Å². The lowest BCUT2D eigenvalue weighted by Gasteiger charge is -2.16. The Morgan fingerprint density at radius 3 is 2.69 bits per heavy atom. The topological polar surface area (TPSA) is 61.4 Å². The van der Waals surface area contributed by atoms with Gasteiger partial charge in [-0.05, 0) is 51.5 Å². The van der Waals surface area contributed by atoms with Crippen LogP contribution < -0.4 is 10.6 Å². The van der Waals surface area contributed by atoms with Crippen molar-refractivity contribution >= 4 is 5.91 Å².